The number of piperazine rings is 1. The van der Waals surface area contributed by atoms with Crippen LogP contribution in [0.25, 0.3) is 16.9 Å². The number of carbonyl (C=O) groups is 1. The molecule has 1 saturated heterocycles. The highest BCUT2D eigenvalue weighted by Crippen LogP contribution is 2.38. The van der Waals surface area contributed by atoms with E-state index in [1.165, 1.54) is 0 Å². The van der Waals surface area contributed by atoms with Crippen molar-refractivity contribution in [1.82, 2.24) is 14.3 Å². The molecule has 2 aromatic heterocycles. The lowest BCUT2D eigenvalue weighted by Gasteiger charge is -2.41. The van der Waals surface area contributed by atoms with Crippen molar-refractivity contribution in [1.29, 1.82) is 0 Å². The molecule has 1 aliphatic heterocycles. The van der Waals surface area contributed by atoms with Gasteiger partial charge in [-0.1, -0.05) is 11.6 Å². The lowest BCUT2D eigenvalue weighted by Crippen LogP contribution is -2.55. The number of aromatic nitrogens is 2. The Hall–Kier alpha value is -3.13. The Morgan fingerprint density at radius 1 is 1.12 bits per heavy atom. The van der Waals surface area contributed by atoms with Crippen molar-refractivity contribution in [2.45, 2.75) is 39.3 Å². The number of ether oxygens (including phenoxy) is 3. The summed E-state index contributed by atoms with van der Waals surface area (Å²) in [6.07, 6.45) is 3.67. The number of halogens is 1. The lowest BCUT2D eigenvalue weighted by molar-refractivity contribution is 0.0159. The topological polar surface area (TPSA) is 68.5 Å². The molecule has 34 heavy (non-hydrogen) atoms. The average molecular weight is 487 g/mol. The molecule has 1 amide bonds. The van der Waals surface area contributed by atoms with Crippen molar-refractivity contribution >= 4 is 29.0 Å². The zero-order chi connectivity index (χ0) is 24.6. The summed E-state index contributed by atoms with van der Waals surface area (Å²) in [5, 5.41) is 0.493. The Balaban J connectivity index is 1.56. The molecule has 9 heteroatoms. The van der Waals surface area contributed by atoms with Gasteiger partial charge in [-0.15, -0.1) is 0 Å². The smallest absolute Gasteiger partial charge is 0.410 e. The van der Waals surface area contributed by atoms with E-state index in [0.29, 0.717) is 29.6 Å². The molecule has 0 aliphatic carbocycles. The number of hydrogen-bond acceptors (Lipinski definition) is 6. The van der Waals surface area contributed by atoms with E-state index in [1.807, 2.05) is 44.5 Å². The van der Waals surface area contributed by atoms with Crippen molar-refractivity contribution < 1.29 is 19.0 Å². The van der Waals surface area contributed by atoms with Crippen LogP contribution in [0.4, 0.5) is 10.5 Å². The molecule has 0 bridgehead atoms. The monoisotopic (exact) mass is 486 g/mol. The Morgan fingerprint density at radius 2 is 1.85 bits per heavy atom. The summed E-state index contributed by atoms with van der Waals surface area (Å²) >= 11 is 6.36. The van der Waals surface area contributed by atoms with Crippen molar-refractivity contribution in [3.8, 4) is 22.8 Å². The number of benzene rings is 1. The summed E-state index contributed by atoms with van der Waals surface area (Å²) in [5.41, 5.74) is 2.90. The highest BCUT2D eigenvalue weighted by Gasteiger charge is 2.31. The summed E-state index contributed by atoms with van der Waals surface area (Å²) in [7, 11) is 3.18. The fourth-order valence-electron chi connectivity index (χ4n) is 4.14. The standard InChI is InChI=1S/C25H31ClN4O4/c1-16-14-28(9-10-30(16)24(31)34-25(2,3)4)17-7-8-29-15-20(27-23(29)11-17)18-12-19(26)22(33-6)13-21(18)32-5/h7-8,11-13,15-16H,9-10,14H2,1-6H3. The van der Waals surface area contributed by atoms with Crippen LogP contribution >= 0.6 is 11.6 Å². The molecule has 0 spiro atoms. The van der Waals surface area contributed by atoms with Gasteiger partial charge in [0.1, 0.15) is 22.7 Å². The van der Waals surface area contributed by atoms with Crippen LogP contribution in [0.15, 0.2) is 36.7 Å². The largest absolute Gasteiger partial charge is 0.496 e. The molecule has 3 heterocycles. The maximum Gasteiger partial charge on any atom is 0.410 e. The van der Waals surface area contributed by atoms with Gasteiger partial charge in [0.2, 0.25) is 0 Å². The number of fused-ring (bicyclic) bond motifs is 1. The van der Waals surface area contributed by atoms with Crippen molar-refractivity contribution in [3.63, 3.8) is 0 Å². The Kier molecular flexibility index (Phi) is 6.53. The third-order valence-corrected chi connectivity index (χ3v) is 6.11. The quantitative estimate of drug-likeness (QED) is 0.510. The maximum atomic E-state index is 12.5. The van der Waals surface area contributed by atoms with Crippen molar-refractivity contribution in [2.75, 3.05) is 38.8 Å². The Bertz CT molecular complexity index is 1200. The average Bonchev–Trinajstić information content (AvgIpc) is 3.20. The highest BCUT2D eigenvalue weighted by atomic mass is 35.5. The summed E-state index contributed by atoms with van der Waals surface area (Å²) < 4.78 is 18.4. The number of anilines is 1. The van der Waals surface area contributed by atoms with E-state index in [4.69, 9.17) is 30.8 Å². The van der Waals surface area contributed by atoms with E-state index < -0.39 is 5.60 Å². The first-order valence-corrected chi connectivity index (χ1v) is 11.6. The SMILES string of the molecule is COc1cc(OC)c(-c2cn3ccc(N4CCN(C(=O)OC(C)(C)C)C(C)C4)cc3n2)cc1Cl. The number of amides is 1. The first-order chi connectivity index (χ1) is 16.1. The second kappa shape index (κ2) is 9.25. The molecule has 3 aromatic rings. The van der Waals surface area contributed by atoms with Gasteiger partial charge in [0.15, 0.2) is 0 Å². The molecule has 182 valence electrons. The normalized spacial score (nSPS) is 16.6. The fraction of sp³-hybridized carbons (Fsp3) is 0.440. The molecule has 4 rings (SSSR count). The molecular formula is C25H31ClN4O4. The number of imidazole rings is 1. The van der Waals surface area contributed by atoms with Gasteiger partial charge in [-0.2, -0.15) is 0 Å². The number of nitrogens with zero attached hydrogens (tertiary/aromatic N) is 4. The van der Waals surface area contributed by atoms with Crippen LogP contribution in [0.2, 0.25) is 5.02 Å². The number of rotatable bonds is 4. The van der Waals surface area contributed by atoms with Crippen LogP contribution in [0.5, 0.6) is 11.5 Å². The van der Waals surface area contributed by atoms with Crippen LogP contribution in [-0.4, -0.2) is 65.9 Å². The minimum atomic E-state index is -0.506. The van der Waals surface area contributed by atoms with Gasteiger partial charge in [0, 0.05) is 61.5 Å². The zero-order valence-electron chi connectivity index (χ0n) is 20.5. The fourth-order valence-corrected chi connectivity index (χ4v) is 4.38. The van der Waals surface area contributed by atoms with E-state index in [-0.39, 0.29) is 12.1 Å². The van der Waals surface area contributed by atoms with Crippen LogP contribution in [-0.2, 0) is 4.74 Å². The lowest BCUT2D eigenvalue weighted by atomic mass is 10.1. The third kappa shape index (κ3) is 4.87. The van der Waals surface area contributed by atoms with E-state index in [9.17, 15) is 4.79 Å². The van der Waals surface area contributed by atoms with Gasteiger partial charge in [0.25, 0.3) is 0 Å². The van der Waals surface area contributed by atoms with Gasteiger partial charge in [0.05, 0.1) is 24.9 Å². The van der Waals surface area contributed by atoms with E-state index in [1.54, 1.807) is 31.3 Å². The molecule has 1 aromatic carbocycles. The van der Waals surface area contributed by atoms with E-state index in [2.05, 4.69) is 17.0 Å². The Labute approximate surface area is 205 Å². The van der Waals surface area contributed by atoms with Crippen LogP contribution < -0.4 is 14.4 Å². The predicted octanol–water partition coefficient (Wildman–Crippen LogP) is 5.12. The van der Waals surface area contributed by atoms with E-state index >= 15 is 0 Å². The number of methoxy groups -OCH3 is 2. The van der Waals surface area contributed by atoms with Gasteiger partial charge >= 0.3 is 6.09 Å². The molecule has 0 radical (unpaired) electrons. The molecule has 8 nitrogen and oxygen atoms in total. The van der Waals surface area contributed by atoms with Gasteiger partial charge < -0.3 is 28.4 Å². The van der Waals surface area contributed by atoms with Gasteiger partial charge in [-0.3, -0.25) is 0 Å². The van der Waals surface area contributed by atoms with Crippen molar-refractivity contribution in [2.24, 2.45) is 0 Å². The van der Waals surface area contributed by atoms with Crippen LogP contribution in [0.1, 0.15) is 27.7 Å². The third-order valence-electron chi connectivity index (χ3n) is 5.81. The summed E-state index contributed by atoms with van der Waals surface area (Å²) in [4.78, 5) is 21.4. The maximum absolute atomic E-state index is 12.5. The summed E-state index contributed by atoms with van der Waals surface area (Å²) in [5.74, 6) is 1.19. The second-order valence-electron chi connectivity index (χ2n) is 9.43. The summed E-state index contributed by atoms with van der Waals surface area (Å²) in [6, 6.07) is 7.71. The first-order valence-electron chi connectivity index (χ1n) is 11.2. The highest BCUT2D eigenvalue weighted by molar-refractivity contribution is 6.32. The molecule has 1 fully saturated rings. The molecule has 1 aliphatic rings. The van der Waals surface area contributed by atoms with Crippen LogP contribution in [0, 0.1) is 0 Å². The van der Waals surface area contributed by atoms with Crippen LogP contribution in [0.3, 0.4) is 0 Å². The molecule has 0 N–H and O–H groups in total. The number of carbonyl (C=O) groups excluding carboxylic acids is 1. The van der Waals surface area contributed by atoms with Crippen molar-refractivity contribution in [3.05, 3.63) is 41.7 Å². The zero-order valence-corrected chi connectivity index (χ0v) is 21.2. The molecule has 1 unspecified atom stereocenters. The minimum Gasteiger partial charge on any atom is -0.496 e. The predicted molar refractivity (Wildman–Crippen MR) is 133 cm³/mol. The molecule has 0 saturated carbocycles. The number of pyridine rings is 1. The number of hydrogen-bond donors (Lipinski definition) is 0. The van der Waals surface area contributed by atoms with Gasteiger partial charge in [-0.05, 0) is 39.8 Å². The molecule has 1 atom stereocenters. The van der Waals surface area contributed by atoms with E-state index in [0.717, 1.165) is 29.1 Å². The second-order valence-corrected chi connectivity index (χ2v) is 9.84. The van der Waals surface area contributed by atoms with Gasteiger partial charge in [-0.25, -0.2) is 9.78 Å². The minimum absolute atomic E-state index is 0.0286. The first kappa shape index (κ1) is 24.0. The Morgan fingerprint density at radius 3 is 2.50 bits per heavy atom. The molecular weight excluding hydrogens is 456 g/mol. The summed E-state index contributed by atoms with van der Waals surface area (Å²) in [6.45, 7) is 9.73.